The Kier molecular flexibility index (Phi) is 5.55. The molecule has 1 aliphatic heterocycles. The maximum atomic E-state index is 12.7. The van der Waals surface area contributed by atoms with Crippen LogP contribution in [-0.2, 0) is 27.2 Å². The Morgan fingerprint density at radius 2 is 1.78 bits per heavy atom. The summed E-state index contributed by atoms with van der Waals surface area (Å²) in [5.41, 5.74) is -0.300. The van der Waals surface area contributed by atoms with Crippen LogP contribution in [0.3, 0.4) is 0 Å². The molecule has 3 atom stereocenters. The van der Waals surface area contributed by atoms with Gasteiger partial charge >= 0.3 is 5.69 Å². The summed E-state index contributed by atoms with van der Waals surface area (Å²) in [6.07, 6.45) is 0.174. The number of fused-ring (bicyclic) bond motifs is 1. The van der Waals surface area contributed by atoms with E-state index in [1.54, 1.807) is 11.6 Å². The van der Waals surface area contributed by atoms with Crippen molar-refractivity contribution in [1.82, 2.24) is 23.6 Å². The predicted molar refractivity (Wildman–Crippen MR) is 102 cm³/mol. The van der Waals surface area contributed by atoms with Crippen molar-refractivity contribution in [2.75, 3.05) is 19.7 Å². The van der Waals surface area contributed by atoms with Crippen molar-refractivity contribution in [2.24, 2.45) is 25.9 Å². The van der Waals surface area contributed by atoms with Crippen molar-refractivity contribution in [2.45, 2.75) is 39.5 Å². The van der Waals surface area contributed by atoms with Crippen LogP contribution in [0.1, 0.15) is 26.1 Å². The van der Waals surface area contributed by atoms with Gasteiger partial charge in [-0.2, -0.15) is 0 Å². The molecular weight excluding hydrogens is 350 g/mol. The minimum Gasteiger partial charge on any atom is -0.394 e. The third kappa shape index (κ3) is 3.71. The third-order valence-electron chi connectivity index (χ3n) is 5.34. The first-order chi connectivity index (χ1) is 12.7. The molecule has 150 valence electrons. The average Bonchev–Trinajstić information content (AvgIpc) is 2.95. The van der Waals surface area contributed by atoms with E-state index in [2.05, 4.69) is 23.7 Å². The van der Waals surface area contributed by atoms with E-state index in [-0.39, 0.29) is 12.1 Å². The summed E-state index contributed by atoms with van der Waals surface area (Å²) in [5.74, 6) is 1.77. The lowest BCUT2D eigenvalue weighted by molar-refractivity contribution is 0.0793. The number of aliphatic hydroxyl groups excluding tert-OH is 2. The molecule has 27 heavy (non-hydrogen) atoms. The van der Waals surface area contributed by atoms with Gasteiger partial charge in [0.15, 0.2) is 11.2 Å². The molecule has 3 rings (SSSR count). The number of nitrogens with zero attached hydrogens (tertiary/aromatic N) is 5. The van der Waals surface area contributed by atoms with Crippen LogP contribution in [0.5, 0.6) is 0 Å². The number of aromatic nitrogens is 4. The van der Waals surface area contributed by atoms with E-state index in [9.17, 15) is 19.8 Å². The average molecular weight is 379 g/mol. The number of hydrogen-bond donors (Lipinski definition) is 2. The zero-order valence-corrected chi connectivity index (χ0v) is 16.4. The highest BCUT2D eigenvalue weighted by Crippen LogP contribution is 2.23. The lowest BCUT2D eigenvalue weighted by Crippen LogP contribution is -2.39. The Morgan fingerprint density at radius 1 is 1.15 bits per heavy atom. The van der Waals surface area contributed by atoms with E-state index in [0.29, 0.717) is 29.9 Å². The number of aryl methyl sites for hydroxylation is 1. The molecule has 0 aromatic carbocycles. The summed E-state index contributed by atoms with van der Waals surface area (Å²) in [6.45, 7) is 6.48. The standard InChI is InChI=1S/C18H29N5O4/c1-11-5-12(2)7-22(6-11)9-14-19-16-15(23(14)8-13(25)10-24)17(26)21(4)18(27)20(16)3/h11-13,24-25H,5-10H2,1-4H3/t11-,12-,13-/m0/s1. The molecule has 9 nitrogen and oxygen atoms in total. The van der Waals surface area contributed by atoms with E-state index in [0.717, 1.165) is 17.7 Å². The Bertz CT molecular complexity index is 934. The highest BCUT2D eigenvalue weighted by Gasteiger charge is 2.26. The van der Waals surface area contributed by atoms with Gasteiger partial charge in [0, 0.05) is 27.2 Å². The van der Waals surface area contributed by atoms with Crippen LogP contribution in [0.2, 0.25) is 0 Å². The normalized spacial score (nSPS) is 22.4. The summed E-state index contributed by atoms with van der Waals surface area (Å²) >= 11 is 0. The molecule has 2 N–H and O–H groups in total. The lowest BCUT2D eigenvalue weighted by atomic mass is 9.92. The summed E-state index contributed by atoms with van der Waals surface area (Å²) in [6, 6.07) is 0. The quantitative estimate of drug-likeness (QED) is 0.709. The van der Waals surface area contributed by atoms with Crippen molar-refractivity contribution < 1.29 is 10.2 Å². The van der Waals surface area contributed by atoms with Crippen LogP contribution < -0.4 is 11.2 Å². The van der Waals surface area contributed by atoms with Crippen molar-refractivity contribution in [3.63, 3.8) is 0 Å². The summed E-state index contributed by atoms with van der Waals surface area (Å²) in [4.78, 5) is 31.9. The van der Waals surface area contributed by atoms with Crippen molar-refractivity contribution in [3.8, 4) is 0 Å². The molecule has 0 amide bonds. The number of hydrogen-bond acceptors (Lipinski definition) is 6. The number of likely N-dealkylation sites (tertiary alicyclic amines) is 1. The minimum absolute atomic E-state index is 0.0503. The maximum Gasteiger partial charge on any atom is 0.332 e. The molecule has 0 saturated carbocycles. The molecule has 2 aromatic rings. The van der Waals surface area contributed by atoms with Gasteiger partial charge in [0.2, 0.25) is 0 Å². The zero-order chi connectivity index (χ0) is 19.9. The van der Waals surface area contributed by atoms with Crippen LogP contribution in [0.15, 0.2) is 9.59 Å². The lowest BCUT2D eigenvalue weighted by Gasteiger charge is -2.34. The molecule has 0 spiro atoms. The smallest absolute Gasteiger partial charge is 0.332 e. The fraction of sp³-hybridized carbons (Fsp3) is 0.722. The van der Waals surface area contributed by atoms with Gasteiger partial charge in [-0.25, -0.2) is 9.78 Å². The summed E-state index contributed by atoms with van der Waals surface area (Å²) in [7, 11) is 3.01. The van der Waals surface area contributed by atoms with Crippen molar-refractivity contribution >= 4 is 11.2 Å². The van der Waals surface area contributed by atoms with Crippen LogP contribution in [0.25, 0.3) is 11.2 Å². The van der Waals surface area contributed by atoms with E-state index in [1.165, 1.54) is 18.0 Å². The highest BCUT2D eigenvalue weighted by molar-refractivity contribution is 5.71. The first-order valence-corrected chi connectivity index (χ1v) is 9.39. The first-order valence-electron chi connectivity index (χ1n) is 9.39. The van der Waals surface area contributed by atoms with Crippen LogP contribution in [-0.4, -0.2) is 59.6 Å². The van der Waals surface area contributed by atoms with Gasteiger partial charge in [-0.15, -0.1) is 0 Å². The molecule has 0 aliphatic carbocycles. The van der Waals surface area contributed by atoms with E-state index >= 15 is 0 Å². The van der Waals surface area contributed by atoms with E-state index in [4.69, 9.17) is 0 Å². The molecule has 2 aromatic heterocycles. The fourth-order valence-corrected chi connectivity index (χ4v) is 4.20. The number of piperidine rings is 1. The molecular formula is C18H29N5O4. The topological polar surface area (TPSA) is 106 Å². The Morgan fingerprint density at radius 3 is 2.37 bits per heavy atom. The molecule has 1 saturated heterocycles. The van der Waals surface area contributed by atoms with Gasteiger partial charge in [0.25, 0.3) is 5.56 Å². The molecule has 3 heterocycles. The largest absolute Gasteiger partial charge is 0.394 e. The third-order valence-corrected chi connectivity index (χ3v) is 5.34. The van der Waals surface area contributed by atoms with E-state index in [1.807, 2.05) is 0 Å². The van der Waals surface area contributed by atoms with Crippen molar-refractivity contribution in [1.29, 1.82) is 0 Å². The van der Waals surface area contributed by atoms with Gasteiger partial charge in [-0.3, -0.25) is 18.8 Å². The second-order valence-electron chi connectivity index (χ2n) is 7.99. The summed E-state index contributed by atoms with van der Waals surface area (Å²) in [5, 5.41) is 19.3. The summed E-state index contributed by atoms with van der Waals surface area (Å²) < 4.78 is 4.05. The molecule has 0 radical (unpaired) electrons. The predicted octanol–water partition coefficient (Wildman–Crippen LogP) is -0.735. The monoisotopic (exact) mass is 379 g/mol. The fourth-order valence-electron chi connectivity index (χ4n) is 4.20. The van der Waals surface area contributed by atoms with Gasteiger partial charge in [-0.05, 0) is 18.3 Å². The van der Waals surface area contributed by atoms with Crippen LogP contribution >= 0.6 is 0 Å². The Balaban J connectivity index is 2.12. The van der Waals surface area contributed by atoms with Crippen molar-refractivity contribution in [3.05, 3.63) is 26.7 Å². The van der Waals surface area contributed by atoms with Crippen LogP contribution in [0.4, 0.5) is 0 Å². The highest BCUT2D eigenvalue weighted by atomic mass is 16.3. The maximum absolute atomic E-state index is 12.7. The molecule has 0 unspecified atom stereocenters. The second-order valence-corrected chi connectivity index (χ2v) is 7.99. The Labute approximate surface area is 157 Å². The number of imidazole rings is 1. The van der Waals surface area contributed by atoms with Crippen LogP contribution in [0, 0.1) is 11.8 Å². The minimum atomic E-state index is -1.01. The first kappa shape index (κ1) is 19.8. The molecule has 1 aliphatic rings. The number of aliphatic hydroxyl groups is 2. The van der Waals surface area contributed by atoms with Gasteiger partial charge in [0.1, 0.15) is 5.82 Å². The van der Waals surface area contributed by atoms with Gasteiger partial charge < -0.3 is 14.8 Å². The van der Waals surface area contributed by atoms with E-state index < -0.39 is 24.0 Å². The SMILES string of the molecule is C[C@H]1C[C@H](C)CN(Cc2nc3c(c(=O)n(C)c(=O)n3C)n2C[C@H](O)CO)C1. The molecule has 1 fully saturated rings. The van der Waals surface area contributed by atoms with Gasteiger partial charge in [-0.1, -0.05) is 13.8 Å². The van der Waals surface area contributed by atoms with Gasteiger partial charge in [0.05, 0.1) is 25.8 Å². The zero-order valence-electron chi connectivity index (χ0n) is 16.4. The Hall–Kier alpha value is -1.97. The molecule has 0 bridgehead atoms. The second kappa shape index (κ2) is 7.57. The number of rotatable bonds is 5. The molecule has 9 heteroatoms.